The molecule has 1 N–H and O–H groups in total. The number of methoxy groups -OCH3 is 1. The van der Waals surface area contributed by atoms with Crippen LogP contribution in [0.5, 0.6) is 0 Å². The molecule has 1 aromatic carbocycles. The van der Waals surface area contributed by atoms with Crippen molar-refractivity contribution in [3.8, 4) is 0 Å². The maximum absolute atomic E-state index is 12.1. The highest BCUT2D eigenvalue weighted by molar-refractivity contribution is 5.78. The summed E-state index contributed by atoms with van der Waals surface area (Å²) in [5.41, 5.74) is 1.32. The van der Waals surface area contributed by atoms with E-state index in [1.54, 1.807) is 7.11 Å². The summed E-state index contributed by atoms with van der Waals surface area (Å²) in [6, 6.07) is 10.7. The Morgan fingerprint density at radius 3 is 2.76 bits per heavy atom. The van der Waals surface area contributed by atoms with Crippen LogP contribution in [-0.4, -0.2) is 43.7 Å². The molecule has 0 saturated carbocycles. The van der Waals surface area contributed by atoms with Crippen molar-refractivity contribution in [2.75, 3.05) is 26.8 Å². The molecule has 0 radical (unpaired) electrons. The average molecular weight is 290 g/mol. The summed E-state index contributed by atoms with van der Waals surface area (Å²) < 4.78 is 5.04. The van der Waals surface area contributed by atoms with Gasteiger partial charge in [0, 0.05) is 32.8 Å². The van der Waals surface area contributed by atoms with Gasteiger partial charge in [0.15, 0.2) is 0 Å². The third-order valence-electron chi connectivity index (χ3n) is 4.13. The highest BCUT2D eigenvalue weighted by Crippen LogP contribution is 2.19. The van der Waals surface area contributed by atoms with Gasteiger partial charge in [-0.25, -0.2) is 0 Å². The van der Waals surface area contributed by atoms with Crippen LogP contribution in [0.15, 0.2) is 30.3 Å². The smallest absolute Gasteiger partial charge is 0.225 e. The molecule has 1 aliphatic heterocycles. The zero-order valence-electron chi connectivity index (χ0n) is 13.2. The first-order valence-corrected chi connectivity index (χ1v) is 7.65. The predicted octanol–water partition coefficient (Wildman–Crippen LogP) is 1.91. The van der Waals surface area contributed by atoms with E-state index >= 15 is 0 Å². The van der Waals surface area contributed by atoms with Gasteiger partial charge in [-0.1, -0.05) is 44.2 Å². The quantitative estimate of drug-likeness (QED) is 0.870. The molecule has 0 unspecified atom stereocenters. The fourth-order valence-electron chi connectivity index (χ4n) is 2.88. The van der Waals surface area contributed by atoms with Crippen molar-refractivity contribution in [2.45, 2.75) is 26.4 Å². The van der Waals surface area contributed by atoms with Gasteiger partial charge in [-0.15, -0.1) is 0 Å². The Hall–Kier alpha value is -1.39. The summed E-state index contributed by atoms with van der Waals surface area (Å²) in [7, 11) is 1.63. The van der Waals surface area contributed by atoms with Gasteiger partial charge in [-0.05, 0) is 11.5 Å². The molecule has 21 heavy (non-hydrogen) atoms. The Bertz CT molecular complexity index is 449. The first-order chi connectivity index (χ1) is 10.1. The van der Waals surface area contributed by atoms with Crippen LogP contribution in [0.25, 0.3) is 0 Å². The number of hydrogen-bond acceptors (Lipinski definition) is 3. The summed E-state index contributed by atoms with van der Waals surface area (Å²) in [4.78, 5) is 14.5. The van der Waals surface area contributed by atoms with E-state index in [1.165, 1.54) is 5.56 Å². The molecular weight excluding hydrogens is 264 g/mol. The standard InChI is InChI=1S/C17H26N2O2/c1-13-9-19(10-15-7-5-4-6-8-15)11-16(13)18-17(20)14(2)12-21-3/h4-8,13-14,16H,9-12H2,1-3H3,(H,18,20)/t13-,14-,16+/m0/s1. The number of benzene rings is 1. The Morgan fingerprint density at radius 1 is 1.38 bits per heavy atom. The molecule has 0 aromatic heterocycles. The van der Waals surface area contributed by atoms with Crippen LogP contribution in [-0.2, 0) is 16.1 Å². The summed E-state index contributed by atoms with van der Waals surface area (Å²) in [5, 5.41) is 3.17. The molecule has 1 saturated heterocycles. The van der Waals surface area contributed by atoms with E-state index in [-0.39, 0.29) is 17.9 Å². The van der Waals surface area contributed by atoms with Crippen molar-refractivity contribution >= 4 is 5.91 Å². The van der Waals surface area contributed by atoms with Gasteiger partial charge < -0.3 is 10.1 Å². The molecule has 4 heteroatoms. The van der Waals surface area contributed by atoms with Crippen LogP contribution in [0, 0.1) is 11.8 Å². The normalized spacial score (nSPS) is 24.0. The molecule has 0 aliphatic carbocycles. The molecule has 1 heterocycles. The zero-order valence-corrected chi connectivity index (χ0v) is 13.2. The summed E-state index contributed by atoms with van der Waals surface area (Å²) in [6.45, 7) is 7.48. The Labute approximate surface area is 127 Å². The number of carbonyl (C=O) groups excluding carboxylic acids is 1. The van der Waals surface area contributed by atoms with Crippen LogP contribution >= 0.6 is 0 Å². The molecular formula is C17H26N2O2. The number of ether oxygens (including phenoxy) is 1. The zero-order chi connectivity index (χ0) is 15.2. The molecule has 3 atom stereocenters. The number of likely N-dealkylation sites (tertiary alicyclic amines) is 1. The molecule has 0 spiro atoms. The first-order valence-electron chi connectivity index (χ1n) is 7.65. The summed E-state index contributed by atoms with van der Waals surface area (Å²) >= 11 is 0. The Morgan fingerprint density at radius 2 is 2.10 bits per heavy atom. The third kappa shape index (κ3) is 4.55. The number of nitrogens with one attached hydrogen (secondary N) is 1. The number of hydrogen-bond donors (Lipinski definition) is 1. The van der Waals surface area contributed by atoms with E-state index < -0.39 is 0 Å². The SMILES string of the molecule is COC[C@H](C)C(=O)N[C@@H]1CN(Cc2ccccc2)C[C@@H]1C. The van der Waals surface area contributed by atoms with E-state index in [0.29, 0.717) is 12.5 Å². The van der Waals surface area contributed by atoms with Gasteiger partial charge in [0.1, 0.15) is 0 Å². The highest BCUT2D eigenvalue weighted by atomic mass is 16.5. The summed E-state index contributed by atoms with van der Waals surface area (Å²) in [5.74, 6) is 0.480. The van der Waals surface area contributed by atoms with Crippen molar-refractivity contribution in [3.05, 3.63) is 35.9 Å². The van der Waals surface area contributed by atoms with E-state index in [2.05, 4.69) is 41.4 Å². The number of amides is 1. The Balaban J connectivity index is 1.85. The number of nitrogens with zero attached hydrogens (tertiary/aromatic N) is 1. The van der Waals surface area contributed by atoms with Crippen LogP contribution in [0.3, 0.4) is 0 Å². The third-order valence-corrected chi connectivity index (χ3v) is 4.13. The molecule has 1 fully saturated rings. The van der Waals surface area contributed by atoms with Crippen LogP contribution in [0.2, 0.25) is 0 Å². The molecule has 1 aromatic rings. The Kier molecular flexibility index (Phi) is 5.76. The maximum Gasteiger partial charge on any atom is 0.225 e. The van der Waals surface area contributed by atoms with Gasteiger partial charge >= 0.3 is 0 Å². The van der Waals surface area contributed by atoms with Gasteiger partial charge in [-0.2, -0.15) is 0 Å². The average Bonchev–Trinajstić information content (AvgIpc) is 2.80. The first kappa shape index (κ1) is 16.0. The molecule has 0 bridgehead atoms. The second kappa shape index (κ2) is 7.57. The van der Waals surface area contributed by atoms with Crippen LogP contribution < -0.4 is 5.32 Å². The van der Waals surface area contributed by atoms with Crippen molar-refractivity contribution in [1.29, 1.82) is 0 Å². The monoisotopic (exact) mass is 290 g/mol. The number of carbonyl (C=O) groups is 1. The maximum atomic E-state index is 12.1. The van der Waals surface area contributed by atoms with Crippen LogP contribution in [0.1, 0.15) is 19.4 Å². The van der Waals surface area contributed by atoms with Crippen molar-refractivity contribution in [1.82, 2.24) is 10.2 Å². The minimum absolute atomic E-state index is 0.0922. The minimum atomic E-state index is -0.0922. The largest absolute Gasteiger partial charge is 0.384 e. The van der Waals surface area contributed by atoms with E-state index in [0.717, 1.165) is 19.6 Å². The van der Waals surface area contributed by atoms with E-state index in [4.69, 9.17) is 4.74 Å². The lowest BCUT2D eigenvalue weighted by Crippen LogP contribution is -2.43. The number of rotatable bonds is 6. The van der Waals surface area contributed by atoms with Gasteiger partial charge in [-0.3, -0.25) is 9.69 Å². The van der Waals surface area contributed by atoms with Crippen molar-refractivity contribution in [3.63, 3.8) is 0 Å². The van der Waals surface area contributed by atoms with E-state index in [1.807, 2.05) is 13.0 Å². The lowest BCUT2D eigenvalue weighted by Gasteiger charge is -2.19. The van der Waals surface area contributed by atoms with E-state index in [9.17, 15) is 4.79 Å². The fraction of sp³-hybridized carbons (Fsp3) is 0.588. The molecule has 1 aliphatic rings. The highest BCUT2D eigenvalue weighted by Gasteiger charge is 2.31. The molecule has 4 nitrogen and oxygen atoms in total. The van der Waals surface area contributed by atoms with Gasteiger partial charge in [0.05, 0.1) is 12.5 Å². The lowest BCUT2D eigenvalue weighted by molar-refractivity contribution is -0.126. The van der Waals surface area contributed by atoms with Gasteiger partial charge in [0.2, 0.25) is 5.91 Å². The van der Waals surface area contributed by atoms with Gasteiger partial charge in [0.25, 0.3) is 0 Å². The lowest BCUT2D eigenvalue weighted by atomic mass is 10.1. The molecule has 2 rings (SSSR count). The topological polar surface area (TPSA) is 41.6 Å². The fourth-order valence-corrected chi connectivity index (χ4v) is 2.88. The summed E-state index contributed by atoms with van der Waals surface area (Å²) in [6.07, 6.45) is 0. The van der Waals surface area contributed by atoms with Crippen molar-refractivity contribution in [2.24, 2.45) is 11.8 Å². The minimum Gasteiger partial charge on any atom is -0.384 e. The molecule has 1 amide bonds. The second-order valence-corrected chi connectivity index (χ2v) is 6.13. The van der Waals surface area contributed by atoms with Crippen LogP contribution in [0.4, 0.5) is 0 Å². The molecule has 116 valence electrons. The second-order valence-electron chi connectivity index (χ2n) is 6.13. The van der Waals surface area contributed by atoms with Crippen molar-refractivity contribution < 1.29 is 9.53 Å². The predicted molar refractivity (Wildman–Crippen MR) is 83.9 cm³/mol.